The first-order chi connectivity index (χ1) is 17.4. The fraction of sp³-hybridized carbons (Fsp3) is 0.148. The second-order valence-electron chi connectivity index (χ2n) is 7.76. The highest BCUT2D eigenvalue weighted by atomic mass is 32.2. The molecule has 0 aliphatic rings. The standard InChI is InChI=1S/C27H24FN3O3S2/c1-3-24(26(33)31-27-30-23(16-35-27)18-6-4-8-21(14-18)34-2)36-22-9-5-7-20(15-22)29-25(32)17-10-12-19(28)13-11-17/h4-16,24H,3H2,1-2H3,(H,29,32)(H,30,31,33). The van der Waals surface area contributed by atoms with Gasteiger partial charge >= 0.3 is 0 Å². The number of methoxy groups -OCH3 is 1. The Morgan fingerprint density at radius 2 is 1.83 bits per heavy atom. The van der Waals surface area contributed by atoms with E-state index in [4.69, 9.17) is 4.74 Å². The van der Waals surface area contributed by atoms with Gasteiger partial charge in [0, 0.05) is 27.1 Å². The van der Waals surface area contributed by atoms with Crippen molar-refractivity contribution in [2.24, 2.45) is 0 Å². The molecule has 4 aromatic rings. The smallest absolute Gasteiger partial charge is 0.255 e. The number of ether oxygens (including phenoxy) is 1. The average molecular weight is 522 g/mol. The predicted molar refractivity (Wildman–Crippen MR) is 143 cm³/mol. The fourth-order valence-electron chi connectivity index (χ4n) is 3.37. The van der Waals surface area contributed by atoms with E-state index in [-0.39, 0.29) is 17.1 Å². The Hall–Kier alpha value is -3.69. The summed E-state index contributed by atoms with van der Waals surface area (Å²) in [6, 6.07) is 20.2. The third-order valence-corrected chi connectivity index (χ3v) is 7.36. The number of amides is 2. The van der Waals surface area contributed by atoms with Crippen molar-refractivity contribution >= 4 is 45.7 Å². The number of rotatable bonds is 9. The minimum absolute atomic E-state index is 0.144. The topological polar surface area (TPSA) is 80.3 Å². The Labute approximate surface area is 216 Å². The molecule has 0 aliphatic heterocycles. The summed E-state index contributed by atoms with van der Waals surface area (Å²) < 4.78 is 18.4. The molecule has 1 aromatic heterocycles. The number of aromatic nitrogens is 1. The first-order valence-corrected chi connectivity index (χ1v) is 13.0. The van der Waals surface area contributed by atoms with Gasteiger partial charge in [-0.05, 0) is 61.0 Å². The van der Waals surface area contributed by atoms with E-state index in [0.29, 0.717) is 22.8 Å². The number of hydrogen-bond donors (Lipinski definition) is 2. The van der Waals surface area contributed by atoms with Gasteiger partial charge in [-0.3, -0.25) is 9.59 Å². The average Bonchev–Trinajstić information content (AvgIpc) is 3.36. The Balaban J connectivity index is 1.39. The summed E-state index contributed by atoms with van der Waals surface area (Å²) in [6.07, 6.45) is 0.608. The van der Waals surface area contributed by atoms with Crippen molar-refractivity contribution in [3.8, 4) is 17.0 Å². The van der Waals surface area contributed by atoms with Crippen LogP contribution in [0.15, 0.2) is 83.1 Å². The molecule has 0 radical (unpaired) electrons. The number of benzene rings is 3. The molecule has 1 atom stereocenters. The lowest BCUT2D eigenvalue weighted by Crippen LogP contribution is -2.24. The molecule has 9 heteroatoms. The van der Waals surface area contributed by atoms with Crippen LogP contribution in [0, 0.1) is 5.82 Å². The number of halogens is 1. The van der Waals surface area contributed by atoms with Crippen molar-refractivity contribution in [3.05, 3.63) is 89.6 Å². The summed E-state index contributed by atoms with van der Waals surface area (Å²) in [5.74, 6) is -0.139. The number of thioether (sulfide) groups is 1. The van der Waals surface area contributed by atoms with Gasteiger partial charge < -0.3 is 15.4 Å². The second-order valence-corrected chi connectivity index (χ2v) is 9.90. The first-order valence-electron chi connectivity index (χ1n) is 11.2. The van der Waals surface area contributed by atoms with Crippen molar-refractivity contribution in [1.29, 1.82) is 0 Å². The lowest BCUT2D eigenvalue weighted by Gasteiger charge is -2.14. The maximum atomic E-state index is 13.1. The van der Waals surface area contributed by atoms with Crippen LogP contribution in [0.1, 0.15) is 23.7 Å². The highest BCUT2D eigenvalue weighted by Gasteiger charge is 2.20. The minimum atomic E-state index is -0.400. The van der Waals surface area contributed by atoms with E-state index in [2.05, 4.69) is 15.6 Å². The summed E-state index contributed by atoms with van der Waals surface area (Å²) in [5.41, 5.74) is 2.62. The van der Waals surface area contributed by atoms with Crippen LogP contribution in [0.25, 0.3) is 11.3 Å². The second kappa shape index (κ2) is 11.8. The molecule has 3 aromatic carbocycles. The third kappa shape index (κ3) is 6.50. The molecule has 0 fully saturated rings. The van der Waals surface area contributed by atoms with Crippen LogP contribution in [0.2, 0.25) is 0 Å². The quantitative estimate of drug-likeness (QED) is 0.239. The molecule has 2 N–H and O–H groups in total. The Morgan fingerprint density at radius 3 is 2.58 bits per heavy atom. The van der Waals surface area contributed by atoms with Gasteiger partial charge in [-0.1, -0.05) is 25.1 Å². The lowest BCUT2D eigenvalue weighted by molar-refractivity contribution is -0.115. The number of thiazole rings is 1. The van der Waals surface area contributed by atoms with Gasteiger partial charge in [-0.15, -0.1) is 23.1 Å². The Kier molecular flexibility index (Phi) is 8.35. The monoisotopic (exact) mass is 521 g/mol. The minimum Gasteiger partial charge on any atom is -0.497 e. The zero-order chi connectivity index (χ0) is 25.5. The van der Waals surface area contributed by atoms with Crippen LogP contribution < -0.4 is 15.4 Å². The van der Waals surface area contributed by atoms with Crippen molar-refractivity contribution < 1.29 is 18.7 Å². The van der Waals surface area contributed by atoms with Gasteiger partial charge in [0.25, 0.3) is 5.91 Å². The van der Waals surface area contributed by atoms with Crippen molar-refractivity contribution in [2.75, 3.05) is 17.7 Å². The summed E-state index contributed by atoms with van der Waals surface area (Å²) in [4.78, 5) is 30.8. The lowest BCUT2D eigenvalue weighted by atomic mass is 10.2. The van der Waals surface area contributed by atoms with Gasteiger partial charge in [0.05, 0.1) is 18.1 Å². The number of anilines is 2. The fourth-order valence-corrected chi connectivity index (χ4v) is 5.11. The number of carbonyl (C=O) groups is 2. The van der Waals surface area contributed by atoms with Gasteiger partial charge in [0.2, 0.25) is 5.91 Å². The van der Waals surface area contributed by atoms with Crippen LogP contribution in [0.3, 0.4) is 0 Å². The third-order valence-electron chi connectivity index (χ3n) is 5.24. The first kappa shape index (κ1) is 25.4. The zero-order valence-electron chi connectivity index (χ0n) is 19.7. The molecule has 6 nitrogen and oxygen atoms in total. The van der Waals surface area contributed by atoms with Crippen molar-refractivity contribution in [2.45, 2.75) is 23.5 Å². The number of hydrogen-bond acceptors (Lipinski definition) is 6. The molecule has 184 valence electrons. The van der Waals surface area contributed by atoms with Crippen molar-refractivity contribution in [1.82, 2.24) is 4.98 Å². The molecule has 0 aliphatic carbocycles. The van der Waals surface area contributed by atoms with Gasteiger partial charge in [-0.25, -0.2) is 9.37 Å². The SMILES string of the molecule is CCC(Sc1cccc(NC(=O)c2ccc(F)cc2)c1)C(=O)Nc1nc(-c2cccc(OC)c2)cs1. The van der Waals surface area contributed by atoms with E-state index < -0.39 is 5.82 Å². The van der Waals surface area contributed by atoms with Gasteiger partial charge in [0.15, 0.2) is 5.13 Å². The van der Waals surface area contributed by atoms with E-state index in [1.54, 1.807) is 13.2 Å². The molecule has 0 saturated heterocycles. The molecule has 0 bridgehead atoms. The molecular weight excluding hydrogens is 497 g/mol. The van der Waals surface area contributed by atoms with E-state index in [1.807, 2.05) is 54.8 Å². The number of carbonyl (C=O) groups excluding carboxylic acids is 2. The molecular formula is C27H24FN3O3S2. The number of nitrogens with zero attached hydrogens (tertiary/aromatic N) is 1. The molecule has 1 unspecified atom stereocenters. The molecule has 0 spiro atoms. The summed E-state index contributed by atoms with van der Waals surface area (Å²) in [5, 5.41) is 7.80. The maximum Gasteiger partial charge on any atom is 0.255 e. The zero-order valence-corrected chi connectivity index (χ0v) is 21.3. The number of nitrogens with one attached hydrogen (secondary N) is 2. The van der Waals surface area contributed by atoms with Crippen LogP contribution >= 0.6 is 23.1 Å². The Morgan fingerprint density at radius 1 is 1.06 bits per heavy atom. The van der Waals surface area contributed by atoms with E-state index in [9.17, 15) is 14.0 Å². The summed E-state index contributed by atoms with van der Waals surface area (Å²) in [7, 11) is 1.61. The molecule has 1 heterocycles. The summed E-state index contributed by atoms with van der Waals surface area (Å²) in [6.45, 7) is 1.95. The van der Waals surface area contributed by atoms with E-state index in [1.165, 1.54) is 47.4 Å². The normalized spacial score (nSPS) is 11.5. The van der Waals surface area contributed by atoms with E-state index >= 15 is 0 Å². The van der Waals surface area contributed by atoms with Crippen LogP contribution in [-0.4, -0.2) is 29.2 Å². The highest BCUT2D eigenvalue weighted by molar-refractivity contribution is 8.00. The van der Waals surface area contributed by atoms with Crippen molar-refractivity contribution in [3.63, 3.8) is 0 Å². The molecule has 36 heavy (non-hydrogen) atoms. The van der Waals surface area contributed by atoms with E-state index in [0.717, 1.165) is 21.9 Å². The molecule has 4 rings (SSSR count). The highest BCUT2D eigenvalue weighted by Crippen LogP contribution is 2.31. The summed E-state index contributed by atoms with van der Waals surface area (Å²) >= 11 is 2.77. The molecule has 2 amide bonds. The predicted octanol–water partition coefficient (Wildman–Crippen LogP) is 6.72. The largest absolute Gasteiger partial charge is 0.497 e. The van der Waals surface area contributed by atoms with Crippen LogP contribution in [-0.2, 0) is 4.79 Å². The molecule has 0 saturated carbocycles. The maximum absolute atomic E-state index is 13.1. The van der Waals surface area contributed by atoms with Crippen LogP contribution in [0.5, 0.6) is 5.75 Å². The van der Waals surface area contributed by atoms with Gasteiger partial charge in [-0.2, -0.15) is 0 Å². The van der Waals surface area contributed by atoms with Crippen LogP contribution in [0.4, 0.5) is 15.2 Å². The Bertz CT molecular complexity index is 1360. The van der Waals surface area contributed by atoms with Gasteiger partial charge in [0.1, 0.15) is 11.6 Å².